The summed E-state index contributed by atoms with van der Waals surface area (Å²) in [4.78, 5) is 10.5. The van der Waals surface area contributed by atoms with Crippen LogP contribution in [0.25, 0.3) is 0 Å². The molecule has 0 aliphatic rings. The third-order valence-electron chi connectivity index (χ3n) is 1.33. The Kier molecular flexibility index (Phi) is 4.36. The van der Waals surface area contributed by atoms with Gasteiger partial charge in [-0.25, -0.2) is 4.79 Å². The number of carboxylic acid groups (broad SMARTS) is 1. The zero-order chi connectivity index (χ0) is 8.15. The summed E-state index contributed by atoms with van der Waals surface area (Å²) in [5.41, 5.74) is 1.41. The topological polar surface area (TPSA) is 37.3 Å². The van der Waals surface area contributed by atoms with Gasteiger partial charge in [0.1, 0.15) is 0 Å². The van der Waals surface area contributed by atoms with Crippen molar-refractivity contribution in [1.82, 2.24) is 0 Å². The van der Waals surface area contributed by atoms with E-state index in [0.29, 0.717) is 17.3 Å². The Hall–Kier alpha value is -0.310. The predicted molar refractivity (Wildman–Crippen MR) is 44.4 cm³/mol. The maximum Gasteiger partial charge on any atom is 0.331 e. The number of carboxylic acids is 1. The minimum absolute atomic E-state index is 0.511. The maximum absolute atomic E-state index is 10.5. The van der Waals surface area contributed by atoms with Crippen LogP contribution in [0.2, 0.25) is 0 Å². The molecular formula is C7H11BrO2. The van der Waals surface area contributed by atoms with Crippen molar-refractivity contribution >= 4 is 21.9 Å². The van der Waals surface area contributed by atoms with Crippen molar-refractivity contribution in [2.45, 2.75) is 20.3 Å². The smallest absolute Gasteiger partial charge is 0.331 e. The molecule has 0 radical (unpaired) electrons. The Bertz CT molecular complexity index is 161. The number of alkyl halides is 1. The number of hydrogen-bond acceptors (Lipinski definition) is 1. The number of hydrogen-bond donors (Lipinski definition) is 1. The SMILES string of the molecule is CCC(C(=O)O)=C(C)CBr. The fourth-order valence-corrected chi connectivity index (χ4v) is 1.05. The van der Waals surface area contributed by atoms with E-state index in [2.05, 4.69) is 15.9 Å². The van der Waals surface area contributed by atoms with Crippen LogP contribution in [0.1, 0.15) is 20.3 Å². The molecule has 0 aromatic carbocycles. The van der Waals surface area contributed by atoms with Crippen LogP contribution in [-0.4, -0.2) is 16.4 Å². The van der Waals surface area contributed by atoms with Gasteiger partial charge in [-0.1, -0.05) is 28.4 Å². The molecule has 0 fully saturated rings. The van der Waals surface area contributed by atoms with E-state index in [1.165, 1.54) is 0 Å². The second-order valence-corrected chi connectivity index (χ2v) is 2.61. The Morgan fingerprint density at radius 3 is 2.20 bits per heavy atom. The molecule has 0 atom stereocenters. The summed E-state index contributed by atoms with van der Waals surface area (Å²) in [5, 5.41) is 9.24. The first-order valence-electron chi connectivity index (χ1n) is 3.11. The second kappa shape index (κ2) is 4.50. The molecule has 0 spiro atoms. The molecule has 0 saturated heterocycles. The highest BCUT2D eigenvalue weighted by Crippen LogP contribution is 2.10. The van der Waals surface area contributed by atoms with Gasteiger partial charge in [0.25, 0.3) is 0 Å². The lowest BCUT2D eigenvalue weighted by Crippen LogP contribution is -2.02. The molecule has 2 nitrogen and oxygen atoms in total. The summed E-state index contributed by atoms with van der Waals surface area (Å²) < 4.78 is 0. The van der Waals surface area contributed by atoms with Crippen molar-refractivity contribution < 1.29 is 9.90 Å². The minimum atomic E-state index is -0.806. The summed E-state index contributed by atoms with van der Waals surface area (Å²) in [6, 6.07) is 0. The van der Waals surface area contributed by atoms with Gasteiger partial charge >= 0.3 is 5.97 Å². The monoisotopic (exact) mass is 206 g/mol. The van der Waals surface area contributed by atoms with Gasteiger partial charge in [-0.3, -0.25) is 0 Å². The molecule has 0 amide bonds. The number of aliphatic carboxylic acids is 1. The molecule has 58 valence electrons. The molecule has 1 N–H and O–H groups in total. The molecule has 3 heteroatoms. The van der Waals surface area contributed by atoms with E-state index in [-0.39, 0.29) is 0 Å². The average Bonchev–Trinajstić information content (AvgIpc) is 1.88. The minimum Gasteiger partial charge on any atom is -0.478 e. The van der Waals surface area contributed by atoms with Gasteiger partial charge in [0.15, 0.2) is 0 Å². The summed E-state index contributed by atoms with van der Waals surface area (Å²) >= 11 is 3.20. The summed E-state index contributed by atoms with van der Waals surface area (Å²) in [6.07, 6.45) is 0.590. The molecule has 0 aliphatic carbocycles. The average molecular weight is 207 g/mol. The fourth-order valence-electron chi connectivity index (χ4n) is 0.716. The van der Waals surface area contributed by atoms with Crippen LogP contribution in [0.3, 0.4) is 0 Å². The molecule has 0 rings (SSSR count). The van der Waals surface area contributed by atoms with Crippen LogP contribution in [0.5, 0.6) is 0 Å². The van der Waals surface area contributed by atoms with Crippen LogP contribution < -0.4 is 0 Å². The Labute approximate surface area is 69.1 Å². The van der Waals surface area contributed by atoms with Crippen molar-refractivity contribution in [3.63, 3.8) is 0 Å². The lowest BCUT2D eigenvalue weighted by Gasteiger charge is -2.00. The third-order valence-corrected chi connectivity index (χ3v) is 2.17. The van der Waals surface area contributed by atoms with Crippen LogP contribution >= 0.6 is 15.9 Å². The Balaban J connectivity index is 4.45. The number of rotatable bonds is 3. The van der Waals surface area contributed by atoms with E-state index in [9.17, 15) is 4.79 Å². The van der Waals surface area contributed by atoms with E-state index in [1.807, 2.05) is 13.8 Å². The lowest BCUT2D eigenvalue weighted by molar-refractivity contribution is -0.132. The van der Waals surface area contributed by atoms with E-state index in [1.54, 1.807) is 0 Å². The van der Waals surface area contributed by atoms with Crippen molar-refractivity contribution in [3.05, 3.63) is 11.1 Å². The standard InChI is InChI=1S/C7H11BrO2/c1-3-6(7(9)10)5(2)4-8/h3-4H2,1-2H3,(H,9,10). The van der Waals surface area contributed by atoms with E-state index < -0.39 is 5.97 Å². The highest BCUT2D eigenvalue weighted by atomic mass is 79.9. The highest BCUT2D eigenvalue weighted by Gasteiger charge is 2.06. The van der Waals surface area contributed by atoms with Gasteiger partial charge in [0.2, 0.25) is 0 Å². The molecule has 0 heterocycles. The van der Waals surface area contributed by atoms with Gasteiger partial charge in [-0.2, -0.15) is 0 Å². The molecule has 0 unspecified atom stereocenters. The van der Waals surface area contributed by atoms with E-state index >= 15 is 0 Å². The van der Waals surface area contributed by atoms with Gasteiger partial charge in [-0.15, -0.1) is 0 Å². The third kappa shape index (κ3) is 2.52. The molecule has 0 aromatic rings. The number of halogens is 1. The van der Waals surface area contributed by atoms with Crippen LogP contribution in [0, 0.1) is 0 Å². The Morgan fingerprint density at radius 1 is 1.60 bits per heavy atom. The predicted octanol–water partition coefficient (Wildman–Crippen LogP) is 2.19. The zero-order valence-corrected chi connectivity index (χ0v) is 7.73. The van der Waals surface area contributed by atoms with Crippen LogP contribution in [-0.2, 0) is 4.79 Å². The summed E-state index contributed by atoms with van der Waals surface area (Å²) in [5.74, 6) is -0.806. The van der Waals surface area contributed by atoms with Crippen molar-refractivity contribution in [2.24, 2.45) is 0 Å². The molecule has 0 saturated carbocycles. The van der Waals surface area contributed by atoms with Gasteiger partial charge < -0.3 is 5.11 Å². The largest absolute Gasteiger partial charge is 0.478 e. The molecule has 10 heavy (non-hydrogen) atoms. The first kappa shape index (κ1) is 9.69. The van der Waals surface area contributed by atoms with Gasteiger partial charge in [0.05, 0.1) is 0 Å². The Morgan fingerprint density at radius 2 is 2.10 bits per heavy atom. The quantitative estimate of drug-likeness (QED) is 0.568. The maximum atomic E-state index is 10.5. The fraction of sp³-hybridized carbons (Fsp3) is 0.571. The van der Waals surface area contributed by atoms with Crippen molar-refractivity contribution in [3.8, 4) is 0 Å². The van der Waals surface area contributed by atoms with Gasteiger partial charge in [0, 0.05) is 10.9 Å². The molecule has 0 bridgehead atoms. The van der Waals surface area contributed by atoms with Crippen LogP contribution in [0.15, 0.2) is 11.1 Å². The first-order chi connectivity index (χ1) is 4.63. The molecule has 0 aliphatic heterocycles. The van der Waals surface area contributed by atoms with Crippen molar-refractivity contribution in [2.75, 3.05) is 5.33 Å². The number of allylic oxidation sites excluding steroid dienone is 1. The summed E-state index contributed by atoms with van der Waals surface area (Å²) in [6.45, 7) is 3.66. The zero-order valence-electron chi connectivity index (χ0n) is 6.15. The second-order valence-electron chi connectivity index (χ2n) is 2.05. The molecule has 0 aromatic heterocycles. The molecular weight excluding hydrogens is 196 g/mol. The summed E-state index contributed by atoms with van der Waals surface area (Å²) in [7, 11) is 0. The van der Waals surface area contributed by atoms with E-state index in [0.717, 1.165) is 5.57 Å². The highest BCUT2D eigenvalue weighted by molar-refractivity contribution is 9.09. The lowest BCUT2D eigenvalue weighted by atomic mass is 10.1. The normalized spacial score (nSPS) is 12.7. The van der Waals surface area contributed by atoms with E-state index in [4.69, 9.17) is 5.11 Å². The van der Waals surface area contributed by atoms with Gasteiger partial charge in [-0.05, 0) is 13.3 Å². The van der Waals surface area contributed by atoms with Crippen molar-refractivity contribution in [1.29, 1.82) is 0 Å². The first-order valence-corrected chi connectivity index (χ1v) is 4.23. The number of carbonyl (C=O) groups is 1. The van der Waals surface area contributed by atoms with Crippen LogP contribution in [0.4, 0.5) is 0 Å².